The molecule has 32 nitrogen and oxygen atoms in total. The molecule has 5 saturated heterocycles. The SMILES string of the molecule is COC1C(O)[C@H](OC2C(O)[C@H](O[C@@H]3C(C)O[C@@H](OC4C(O)[C@H](OS(=O)(=O)[O-])CO[C@H]4O[C@H]4CC[C@]5(C)C6CCC78C(=O)O[C@@](C)(CC(=O)CC(C)C)[C@H]7C(=O)C[C@@]8(C)C6=CC[C@H]5C4(C)C)C(O)C3O)OC(COS(=O)(=O)[O-])[C@H]2O)OC(COS(=O)(=O)[O-])[C@H]1O. The number of aliphatic hydroxyl groups is 7. The van der Waals surface area contributed by atoms with Crippen molar-refractivity contribution in [2.75, 3.05) is 26.9 Å². The number of methoxy groups -OCH3 is 1. The molecule has 1 spiro atoms. The summed E-state index contributed by atoms with van der Waals surface area (Å²) in [6, 6.07) is 0. The number of esters is 1. The van der Waals surface area contributed by atoms with Gasteiger partial charge in [0.25, 0.3) is 0 Å². The minimum Gasteiger partial charge on any atom is -0.726 e. The Morgan fingerprint density at radius 1 is 0.685 bits per heavy atom. The number of carbonyl (C=O) groups is 3. The molecule has 0 bridgehead atoms. The summed E-state index contributed by atoms with van der Waals surface area (Å²) in [5.74, 6) is -1.62. The zero-order chi connectivity index (χ0) is 65.8. The van der Waals surface area contributed by atoms with Gasteiger partial charge in [-0.2, -0.15) is 0 Å². The van der Waals surface area contributed by atoms with Gasteiger partial charge in [0, 0.05) is 31.8 Å². The van der Waals surface area contributed by atoms with Gasteiger partial charge in [-0.15, -0.1) is 0 Å². The molecule has 0 aromatic heterocycles. The number of allylic oxidation sites excluding steroid dienone is 2. The topological polar surface area (TPSA) is 484 Å². The van der Waals surface area contributed by atoms with E-state index in [0.717, 1.165) is 12.7 Å². The maximum atomic E-state index is 14.4. The number of hydrogen-bond donors (Lipinski definition) is 7. The number of rotatable bonds is 21. The molecular formula is C54H81O32S3-3. The molecule has 3 saturated carbocycles. The van der Waals surface area contributed by atoms with Crippen LogP contribution >= 0.6 is 0 Å². The third-order valence-corrected chi connectivity index (χ3v) is 21.7. The van der Waals surface area contributed by atoms with Crippen molar-refractivity contribution in [1.29, 1.82) is 0 Å². The molecule has 0 radical (unpaired) electrons. The van der Waals surface area contributed by atoms with Crippen molar-refractivity contribution in [3.63, 3.8) is 0 Å². The van der Waals surface area contributed by atoms with Crippen molar-refractivity contribution in [2.45, 2.75) is 235 Å². The van der Waals surface area contributed by atoms with Crippen LogP contribution in [0.2, 0.25) is 0 Å². The Morgan fingerprint density at radius 3 is 1.82 bits per heavy atom. The molecule has 9 aliphatic rings. The van der Waals surface area contributed by atoms with Gasteiger partial charge in [-0.05, 0) is 74.5 Å². The van der Waals surface area contributed by atoms with Crippen LogP contribution < -0.4 is 0 Å². The van der Waals surface area contributed by atoms with Crippen molar-refractivity contribution in [2.24, 2.45) is 45.3 Å². The van der Waals surface area contributed by atoms with Gasteiger partial charge in [-0.1, -0.05) is 53.2 Å². The Kier molecular flexibility index (Phi) is 20.4. The highest BCUT2D eigenvalue weighted by Gasteiger charge is 2.79. The Bertz CT molecular complexity index is 3000. The molecule has 5 aliphatic heterocycles. The van der Waals surface area contributed by atoms with Crippen LogP contribution in [0.5, 0.6) is 0 Å². The molecule has 8 fully saturated rings. The van der Waals surface area contributed by atoms with E-state index in [1.54, 1.807) is 6.92 Å². The number of carbonyl (C=O) groups excluding carboxylic acids is 3. The molecule has 4 aliphatic carbocycles. The highest BCUT2D eigenvalue weighted by Crippen LogP contribution is 2.75. The van der Waals surface area contributed by atoms with Gasteiger partial charge in [0.15, 0.2) is 25.2 Å². The molecule has 0 aromatic rings. The first-order chi connectivity index (χ1) is 41.1. The quantitative estimate of drug-likeness (QED) is 0.0270. The summed E-state index contributed by atoms with van der Waals surface area (Å²) < 4.78 is 176. The Hall–Kier alpha value is -2.48. The van der Waals surface area contributed by atoms with Crippen LogP contribution in [0.4, 0.5) is 0 Å². The monoisotopic (exact) mass is 1340 g/mol. The van der Waals surface area contributed by atoms with Crippen LogP contribution in [0.15, 0.2) is 11.6 Å². The van der Waals surface area contributed by atoms with Gasteiger partial charge in [-0.3, -0.25) is 26.9 Å². The van der Waals surface area contributed by atoms with Crippen molar-refractivity contribution in [3.05, 3.63) is 11.6 Å². The zero-order valence-electron chi connectivity index (χ0n) is 50.3. The number of fused-ring (bicyclic) bond motifs is 4. The van der Waals surface area contributed by atoms with Crippen LogP contribution in [0.1, 0.15) is 107 Å². The molecule has 9 rings (SSSR count). The average Bonchev–Trinajstić information content (AvgIpc) is 1.53. The van der Waals surface area contributed by atoms with Gasteiger partial charge in [0.05, 0.1) is 43.4 Å². The van der Waals surface area contributed by atoms with Crippen LogP contribution in [0.3, 0.4) is 0 Å². The predicted molar refractivity (Wildman–Crippen MR) is 287 cm³/mol. The van der Waals surface area contributed by atoms with Crippen LogP contribution in [0.25, 0.3) is 0 Å². The van der Waals surface area contributed by atoms with Gasteiger partial charge in [0.1, 0.15) is 103 Å². The van der Waals surface area contributed by atoms with Crippen molar-refractivity contribution in [1.82, 2.24) is 0 Å². The molecule has 0 amide bonds. The number of cyclic esters (lactones) is 1. The lowest BCUT2D eigenvalue weighted by Gasteiger charge is -2.63. The van der Waals surface area contributed by atoms with Crippen LogP contribution in [-0.2, 0) is 105 Å². The van der Waals surface area contributed by atoms with Crippen molar-refractivity contribution in [3.8, 4) is 0 Å². The summed E-state index contributed by atoms with van der Waals surface area (Å²) in [4.78, 5) is 42.0. The molecule has 5 heterocycles. The minimum atomic E-state index is -5.52. The van der Waals surface area contributed by atoms with E-state index in [1.807, 2.05) is 34.6 Å². The number of hydrogen-bond acceptors (Lipinski definition) is 32. The van der Waals surface area contributed by atoms with E-state index >= 15 is 0 Å². The highest BCUT2D eigenvalue weighted by atomic mass is 32.3. The Balaban J connectivity index is 0.918. The summed E-state index contributed by atoms with van der Waals surface area (Å²) in [5, 5.41) is 80.0. The van der Waals surface area contributed by atoms with Gasteiger partial charge >= 0.3 is 5.97 Å². The second kappa shape index (κ2) is 25.6. The highest BCUT2D eigenvalue weighted by molar-refractivity contribution is 7.81. The zero-order valence-corrected chi connectivity index (χ0v) is 52.7. The lowest BCUT2D eigenvalue weighted by atomic mass is 9.41. The Morgan fingerprint density at radius 2 is 1.25 bits per heavy atom. The fourth-order valence-electron chi connectivity index (χ4n) is 16.4. The maximum Gasteiger partial charge on any atom is 0.314 e. The summed E-state index contributed by atoms with van der Waals surface area (Å²) >= 11 is 0. The van der Waals surface area contributed by atoms with Crippen LogP contribution in [0, 0.1) is 45.3 Å². The maximum absolute atomic E-state index is 14.4. The second-order valence-corrected chi connectivity index (χ2v) is 29.9. The predicted octanol–water partition coefficient (Wildman–Crippen LogP) is -2.50. The number of aliphatic hydroxyl groups excluding tert-OH is 7. The normalized spacial score (nSPS) is 46.7. The smallest absolute Gasteiger partial charge is 0.314 e. The second-order valence-electron chi connectivity index (χ2n) is 26.8. The van der Waals surface area contributed by atoms with E-state index < -0.39 is 213 Å². The standard InChI is InChI=1S/C54H84O32S3/c1-22(2)16-24(55)17-53(8)44-27(56)18-52(7)26-10-11-31-50(4,5)32(13-14-51(31,6)25(26)12-15-54(44,52)49(64)85-53)81-48-43(35(59)30(19-75-48)86-89(71,72)73)84-45-37(61)36(60)40(23(3)78-45)82-47-39(63)42(34(58)29(80-47)21-77-88(68,69)70)83-46-38(62)41(74-9)33(57)28(79-46)20-76-87(65,66)67/h10,22-23,25,28-48,57-63H,11-21H2,1-9H3,(H,65,66,67)(H,68,69,70)(H,71,72,73)/p-3/t23?,25?,28?,29?,30-,31+,32+,33-,34-,35?,36?,37?,38?,39?,40-,41?,42?,43?,44-,45+,46+,47+,48+,51-,52+,53+,54?/m1/s1. The van der Waals surface area contributed by atoms with Gasteiger partial charge < -0.3 is 96.8 Å². The van der Waals surface area contributed by atoms with E-state index in [2.05, 4.69) is 25.5 Å². The molecule has 13 unspecified atom stereocenters. The third-order valence-electron chi connectivity index (χ3n) is 20.4. The number of ether oxygens (including phenoxy) is 10. The fraction of sp³-hybridized carbons (Fsp3) is 0.907. The van der Waals surface area contributed by atoms with E-state index in [1.165, 1.54) is 6.92 Å². The average molecular weight is 1340 g/mol. The molecule has 27 atom stereocenters. The lowest BCUT2D eigenvalue weighted by molar-refractivity contribution is -0.389. The molecule has 89 heavy (non-hydrogen) atoms. The van der Waals surface area contributed by atoms with Gasteiger partial charge in [0.2, 0.25) is 31.2 Å². The van der Waals surface area contributed by atoms with E-state index in [9.17, 15) is 89.0 Å². The van der Waals surface area contributed by atoms with Gasteiger partial charge in [-0.25, -0.2) is 25.3 Å². The van der Waals surface area contributed by atoms with E-state index in [4.69, 9.17) is 47.4 Å². The molecule has 0 aromatic carbocycles. The number of Topliss-reactive ketones (excluding diaryl/α,β-unsaturated/α-hetero) is 2. The summed E-state index contributed by atoms with van der Waals surface area (Å²) in [7, 11) is -15.4. The van der Waals surface area contributed by atoms with E-state index in [-0.39, 0.29) is 48.6 Å². The molecule has 35 heteroatoms. The first-order valence-electron chi connectivity index (χ1n) is 29.4. The molecule has 7 N–H and O–H groups in total. The van der Waals surface area contributed by atoms with Crippen LogP contribution in [-0.4, -0.2) is 248 Å². The third kappa shape index (κ3) is 13.5. The fourth-order valence-corrected chi connectivity index (χ4v) is 17.5. The summed E-state index contributed by atoms with van der Waals surface area (Å²) in [5.41, 5.74) is -3.54. The summed E-state index contributed by atoms with van der Waals surface area (Å²) in [6.07, 6.45) is -33.6. The minimum absolute atomic E-state index is 0.0613. The number of ketones is 2. The van der Waals surface area contributed by atoms with E-state index in [0.29, 0.717) is 32.1 Å². The summed E-state index contributed by atoms with van der Waals surface area (Å²) in [6.45, 7) is 11.8. The van der Waals surface area contributed by atoms with Crippen molar-refractivity contribution >= 4 is 48.7 Å². The molecule has 510 valence electrons. The first kappa shape index (κ1) is 70.8. The van der Waals surface area contributed by atoms with Crippen molar-refractivity contribution < 1.29 is 149 Å². The first-order valence-corrected chi connectivity index (χ1v) is 33.4. The molecular weight excluding hydrogens is 1260 g/mol. The lowest BCUT2D eigenvalue weighted by Crippen LogP contribution is -2.67. The Labute approximate surface area is 514 Å². The largest absolute Gasteiger partial charge is 0.726 e.